The van der Waals surface area contributed by atoms with Gasteiger partial charge in [-0.2, -0.15) is 0 Å². The van der Waals surface area contributed by atoms with Crippen LogP contribution in [-0.4, -0.2) is 35.6 Å². The lowest BCUT2D eigenvalue weighted by molar-refractivity contribution is 0.0858. The third-order valence-corrected chi connectivity index (χ3v) is 4.53. The van der Waals surface area contributed by atoms with Gasteiger partial charge in [0.2, 0.25) is 0 Å². The van der Waals surface area contributed by atoms with Gasteiger partial charge in [0.25, 0.3) is 5.56 Å². The van der Waals surface area contributed by atoms with Crippen molar-refractivity contribution in [3.63, 3.8) is 0 Å². The molecule has 2 aromatic rings. The standard InChI is InChI=1S/C19H26N2O2/c1-14(2)8-11-21-10-3-4-17(13-21)23-16-5-6-18-15(12-16)7-9-20-19(18)22/h5-7,9,12,14,17H,3-4,8,10-11,13H2,1-2H3,(H,20,22). The number of nitrogens with one attached hydrogen (secondary N) is 1. The van der Waals surface area contributed by atoms with E-state index in [9.17, 15) is 4.79 Å². The average molecular weight is 314 g/mol. The molecule has 0 amide bonds. The van der Waals surface area contributed by atoms with Crippen molar-refractivity contribution >= 4 is 10.8 Å². The Balaban J connectivity index is 1.65. The van der Waals surface area contributed by atoms with Crippen molar-refractivity contribution in [2.75, 3.05) is 19.6 Å². The van der Waals surface area contributed by atoms with E-state index in [1.54, 1.807) is 6.20 Å². The molecule has 1 aliphatic heterocycles. The summed E-state index contributed by atoms with van der Waals surface area (Å²) >= 11 is 0. The predicted molar refractivity (Wildman–Crippen MR) is 94.1 cm³/mol. The van der Waals surface area contributed by atoms with Crippen molar-refractivity contribution in [2.45, 2.75) is 39.2 Å². The van der Waals surface area contributed by atoms with Crippen LogP contribution < -0.4 is 10.3 Å². The molecule has 124 valence electrons. The van der Waals surface area contributed by atoms with Crippen LogP contribution in [0.2, 0.25) is 0 Å². The minimum Gasteiger partial charge on any atom is -0.489 e. The van der Waals surface area contributed by atoms with Gasteiger partial charge < -0.3 is 9.72 Å². The fourth-order valence-electron chi connectivity index (χ4n) is 3.19. The van der Waals surface area contributed by atoms with Crippen molar-refractivity contribution in [3.8, 4) is 5.75 Å². The van der Waals surface area contributed by atoms with E-state index < -0.39 is 0 Å². The molecular weight excluding hydrogens is 288 g/mol. The summed E-state index contributed by atoms with van der Waals surface area (Å²) in [4.78, 5) is 17.0. The van der Waals surface area contributed by atoms with Crippen LogP contribution in [0.15, 0.2) is 35.3 Å². The fraction of sp³-hybridized carbons (Fsp3) is 0.526. The highest BCUT2D eigenvalue weighted by atomic mass is 16.5. The third-order valence-electron chi connectivity index (χ3n) is 4.53. The zero-order chi connectivity index (χ0) is 16.2. The number of ether oxygens (including phenoxy) is 1. The number of pyridine rings is 1. The van der Waals surface area contributed by atoms with Gasteiger partial charge >= 0.3 is 0 Å². The molecule has 1 atom stereocenters. The van der Waals surface area contributed by atoms with Gasteiger partial charge in [0.1, 0.15) is 11.9 Å². The van der Waals surface area contributed by atoms with E-state index in [1.165, 1.54) is 19.4 Å². The Hall–Kier alpha value is -1.81. The number of hydrogen-bond donors (Lipinski definition) is 1. The lowest BCUT2D eigenvalue weighted by Crippen LogP contribution is -2.41. The van der Waals surface area contributed by atoms with Gasteiger partial charge in [-0.15, -0.1) is 0 Å². The molecule has 23 heavy (non-hydrogen) atoms. The number of hydrogen-bond acceptors (Lipinski definition) is 3. The van der Waals surface area contributed by atoms with Gasteiger partial charge in [0, 0.05) is 18.1 Å². The van der Waals surface area contributed by atoms with E-state index >= 15 is 0 Å². The number of H-pyrrole nitrogens is 1. The topological polar surface area (TPSA) is 45.3 Å². The minimum atomic E-state index is -0.0495. The van der Waals surface area contributed by atoms with Crippen molar-refractivity contribution in [1.82, 2.24) is 9.88 Å². The maximum atomic E-state index is 11.7. The Morgan fingerprint density at radius 3 is 3.04 bits per heavy atom. The molecule has 1 aromatic heterocycles. The molecule has 4 heteroatoms. The number of aromatic nitrogens is 1. The van der Waals surface area contributed by atoms with Crippen LogP contribution in [0, 0.1) is 5.92 Å². The van der Waals surface area contributed by atoms with Gasteiger partial charge in [-0.25, -0.2) is 0 Å². The van der Waals surface area contributed by atoms with Crippen LogP contribution in [0.1, 0.15) is 33.1 Å². The van der Waals surface area contributed by atoms with E-state index in [0.717, 1.165) is 36.6 Å². The van der Waals surface area contributed by atoms with Gasteiger partial charge in [0.05, 0.1) is 0 Å². The maximum Gasteiger partial charge on any atom is 0.255 e. The monoisotopic (exact) mass is 314 g/mol. The number of piperidine rings is 1. The summed E-state index contributed by atoms with van der Waals surface area (Å²) in [7, 11) is 0. The highest BCUT2D eigenvalue weighted by Crippen LogP contribution is 2.22. The van der Waals surface area contributed by atoms with Crippen molar-refractivity contribution in [3.05, 3.63) is 40.8 Å². The number of aromatic amines is 1. The number of rotatable bonds is 5. The molecule has 1 fully saturated rings. The van der Waals surface area contributed by atoms with Crippen LogP contribution in [0.5, 0.6) is 5.75 Å². The smallest absolute Gasteiger partial charge is 0.255 e. The zero-order valence-corrected chi connectivity index (χ0v) is 14.0. The summed E-state index contributed by atoms with van der Waals surface area (Å²) in [6, 6.07) is 7.64. The first-order chi connectivity index (χ1) is 11.1. The molecule has 2 heterocycles. The first kappa shape index (κ1) is 16.1. The van der Waals surface area contributed by atoms with E-state index in [1.807, 2.05) is 24.3 Å². The summed E-state index contributed by atoms with van der Waals surface area (Å²) in [5.74, 6) is 1.61. The lowest BCUT2D eigenvalue weighted by atomic mass is 10.1. The van der Waals surface area contributed by atoms with Crippen LogP contribution in [0.4, 0.5) is 0 Å². The summed E-state index contributed by atoms with van der Waals surface area (Å²) in [6.45, 7) is 7.88. The fourth-order valence-corrected chi connectivity index (χ4v) is 3.19. The number of fused-ring (bicyclic) bond motifs is 1. The Kier molecular flexibility index (Phi) is 5.01. The SMILES string of the molecule is CC(C)CCN1CCCC(Oc2ccc3c(=O)[nH]ccc3c2)C1. The van der Waals surface area contributed by atoms with E-state index in [0.29, 0.717) is 5.39 Å². The highest BCUT2D eigenvalue weighted by Gasteiger charge is 2.21. The van der Waals surface area contributed by atoms with Crippen LogP contribution in [-0.2, 0) is 0 Å². The molecule has 3 rings (SSSR count). The van der Waals surface area contributed by atoms with E-state index in [4.69, 9.17) is 4.74 Å². The second-order valence-corrected chi connectivity index (χ2v) is 6.92. The van der Waals surface area contributed by atoms with Gasteiger partial charge in [-0.1, -0.05) is 13.8 Å². The predicted octanol–water partition coefficient (Wildman–Crippen LogP) is 3.42. The zero-order valence-electron chi connectivity index (χ0n) is 14.0. The number of benzene rings is 1. The number of likely N-dealkylation sites (tertiary alicyclic amines) is 1. The Bertz CT molecular complexity index is 708. The van der Waals surface area contributed by atoms with Crippen LogP contribution >= 0.6 is 0 Å². The molecule has 1 saturated heterocycles. The van der Waals surface area contributed by atoms with E-state index in [-0.39, 0.29) is 11.7 Å². The highest BCUT2D eigenvalue weighted by molar-refractivity contribution is 5.82. The molecule has 0 radical (unpaired) electrons. The average Bonchev–Trinajstić information content (AvgIpc) is 2.53. The molecule has 1 aromatic carbocycles. The Labute approximate surface area is 137 Å². The summed E-state index contributed by atoms with van der Waals surface area (Å²) in [5.41, 5.74) is -0.0495. The molecule has 1 N–H and O–H groups in total. The normalized spacial score (nSPS) is 19.3. The van der Waals surface area contributed by atoms with Crippen LogP contribution in [0.25, 0.3) is 10.8 Å². The first-order valence-electron chi connectivity index (χ1n) is 8.62. The van der Waals surface area contributed by atoms with Crippen LogP contribution in [0.3, 0.4) is 0 Å². The number of nitrogens with zero attached hydrogens (tertiary/aromatic N) is 1. The second-order valence-electron chi connectivity index (χ2n) is 6.92. The molecule has 0 saturated carbocycles. The molecule has 4 nitrogen and oxygen atoms in total. The second kappa shape index (κ2) is 7.18. The Morgan fingerprint density at radius 1 is 1.35 bits per heavy atom. The van der Waals surface area contributed by atoms with Crippen molar-refractivity contribution in [2.24, 2.45) is 5.92 Å². The molecule has 1 aliphatic rings. The molecule has 1 unspecified atom stereocenters. The first-order valence-corrected chi connectivity index (χ1v) is 8.62. The summed E-state index contributed by atoms with van der Waals surface area (Å²) < 4.78 is 6.19. The maximum absolute atomic E-state index is 11.7. The molecule has 0 aliphatic carbocycles. The van der Waals surface area contributed by atoms with E-state index in [2.05, 4.69) is 23.7 Å². The Morgan fingerprint density at radius 2 is 2.22 bits per heavy atom. The van der Waals surface area contributed by atoms with Gasteiger partial charge in [-0.05, 0) is 67.9 Å². The van der Waals surface area contributed by atoms with Crippen molar-refractivity contribution < 1.29 is 4.74 Å². The lowest BCUT2D eigenvalue weighted by Gasteiger charge is -2.33. The third kappa shape index (κ3) is 4.14. The summed E-state index contributed by atoms with van der Waals surface area (Å²) in [6.07, 6.45) is 5.46. The molecular formula is C19H26N2O2. The van der Waals surface area contributed by atoms with Gasteiger partial charge in [0.15, 0.2) is 0 Å². The largest absolute Gasteiger partial charge is 0.489 e. The van der Waals surface area contributed by atoms with Crippen molar-refractivity contribution in [1.29, 1.82) is 0 Å². The summed E-state index contributed by atoms with van der Waals surface area (Å²) in [5, 5.41) is 1.64. The molecule has 0 spiro atoms. The van der Waals surface area contributed by atoms with Gasteiger partial charge in [-0.3, -0.25) is 9.69 Å². The quantitative estimate of drug-likeness (QED) is 0.920. The minimum absolute atomic E-state index is 0.0495. The molecule has 0 bridgehead atoms.